The quantitative estimate of drug-likeness (QED) is 0.867. The van der Waals surface area contributed by atoms with Crippen molar-refractivity contribution in [1.82, 2.24) is 0 Å². The van der Waals surface area contributed by atoms with Gasteiger partial charge in [-0.2, -0.15) is 0 Å². The van der Waals surface area contributed by atoms with Gasteiger partial charge >= 0.3 is 0 Å². The Hall–Kier alpha value is -0.420. The van der Waals surface area contributed by atoms with Crippen LogP contribution in [-0.2, 0) is 4.79 Å². The summed E-state index contributed by atoms with van der Waals surface area (Å²) in [6.45, 7) is 1.49. The molecular weight excluding hydrogens is 279 g/mol. The fourth-order valence-electron chi connectivity index (χ4n) is 1.13. The van der Waals surface area contributed by atoms with Crippen molar-refractivity contribution in [2.45, 2.75) is 19.4 Å². The fraction of sp³-hybridized carbons (Fsp3) is 0.300. The molecule has 3 heteroatoms. The van der Waals surface area contributed by atoms with Gasteiger partial charge in [-0.1, -0.05) is 18.2 Å². The zero-order valence-electron chi connectivity index (χ0n) is 7.33. The van der Waals surface area contributed by atoms with E-state index >= 15 is 0 Å². The number of hydrogen-bond donors (Lipinski definition) is 1. The summed E-state index contributed by atoms with van der Waals surface area (Å²) in [4.78, 5) is 10.8. The van der Waals surface area contributed by atoms with Gasteiger partial charge in [0.1, 0.15) is 5.78 Å². The maximum atomic E-state index is 10.8. The van der Waals surface area contributed by atoms with E-state index in [9.17, 15) is 9.90 Å². The highest BCUT2D eigenvalue weighted by atomic mass is 127. The molecule has 0 fully saturated rings. The lowest BCUT2D eigenvalue weighted by Crippen LogP contribution is -2.04. The molecule has 0 saturated carbocycles. The fourth-order valence-corrected chi connectivity index (χ4v) is 1.87. The lowest BCUT2D eigenvalue weighted by Gasteiger charge is -2.10. The summed E-state index contributed by atoms with van der Waals surface area (Å²) in [5.41, 5.74) is 0.832. The predicted molar refractivity (Wildman–Crippen MR) is 59.4 cm³/mol. The second kappa shape index (κ2) is 4.72. The Balaban J connectivity index is 2.82. The largest absolute Gasteiger partial charge is 0.388 e. The molecule has 1 rings (SSSR count). The number of hydrogen-bond acceptors (Lipinski definition) is 2. The predicted octanol–water partition coefficient (Wildman–Crippen LogP) is 2.30. The van der Waals surface area contributed by atoms with Gasteiger partial charge in [0.2, 0.25) is 0 Å². The van der Waals surface area contributed by atoms with Gasteiger partial charge in [0.05, 0.1) is 6.10 Å². The smallest absolute Gasteiger partial charge is 0.132 e. The maximum absolute atomic E-state index is 10.8. The number of Topliss-reactive ketones (excluding diaryl/α,β-unsaturated/α-hetero) is 1. The number of ketones is 1. The van der Waals surface area contributed by atoms with Crippen LogP contribution in [0.5, 0.6) is 0 Å². The molecule has 0 aromatic heterocycles. The third-order valence-corrected chi connectivity index (χ3v) is 2.73. The van der Waals surface area contributed by atoms with E-state index in [2.05, 4.69) is 22.6 Å². The molecule has 0 bridgehead atoms. The zero-order chi connectivity index (χ0) is 9.84. The van der Waals surface area contributed by atoms with Crippen LogP contribution in [0.3, 0.4) is 0 Å². The lowest BCUT2D eigenvalue weighted by molar-refractivity contribution is -0.118. The molecule has 0 aliphatic heterocycles. The SMILES string of the molecule is CC(=O)C[C@@H](O)c1ccccc1I. The first-order valence-electron chi connectivity index (χ1n) is 4.03. The third kappa shape index (κ3) is 3.08. The third-order valence-electron chi connectivity index (χ3n) is 1.75. The van der Waals surface area contributed by atoms with Crippen LogP contribution in [0.2, 0.25) is 0 Å². The second-order valence-electron chi connectivity index (χ2n) is 2.94. The highest BCUT2D eigenvalue weighted by Crippen LogP contribution is 2.22. The van der Waals surface area contributed by atoms with Crippen molar-refractivity contribution in [2.75, 3.05) is 0 Å². The zero-order valence-corrected chi connectivity index (χ0v) is 9.48. The number of halogens is 1. The molecule has 0 radical (unpaired) electrons. The summed E-state index contributed by atoms with van der Waals surface area (Å²) in [5, 5.41) is 9.65. The summed E-state index contributed by atoms with van der Waals surface area (Å²) in [6.07, 6.45) is -0.467. The first-order valence-corrected chi connectivity index (χ1v) is 5.11. The van der Waals surface area contributed by atoms with Crippen LogP contribution in [0.25, 0.3) is 0 Å². The van der Waals surface area contributed by atoms with Gasteiger partial charge in [-0.15, -0.1) is 0 Å². The van der Waals surface area contributed by atoms with Gasteiger partial charge in [-0.05, 0) is 41.1 Å². The van der Waals surface area contributed by atoms with E-state index in [1.165, 1.54) is 6.92 Å². The van der Waals surface area contributed by atoms with Crippen LogP contribution in [0.1, 0.15) is 25.0 Å². The van der Waals surface area contributed by atoms with Gasteiger partial charge in [0, 0.05) is 9.99 Å². The molecule has 1 aromatic rings. The van der Waals surface area contributed by atoms with E-state index in [1.54, 1.807) is 0 Å². The van der Waals surface area contributed by atoms with Crippen LogP contribution >= 0.6 is 22.6 Å². The maximum Gasteiger partial charge on any atom is 0.132 e. The van der Waals surface area contributed by atoms with Gasteiger partial charge in [0.25, 0.3) is 0 Å². The lowest BCUT2D eigenvalue weighted by atomic mass is 10.1. The Labute approximate surface area is 91.1 Å². The topological polar surface area (TPSA) is 37.3 Å². The minimum absolute atomic E-state index is 0.00662. The highest BCUT2D eigenvalue weighted by molar-refractivity contribution is 14.1. The minimum atomic E-state index is -0.661. The number of benzene rings is 1. The summed E-state index contributed by atoms with van der Waals surface area (Å²) < 4.78 is 0.994. The first kappa shape index (κ1) is 10.7. The molecular formula is C10H11IO2. The van der Waals surface area contributed by atoms with E-state index < -0.39 is 6.10 Å². The van der Waals surface area contributed by atoms with E-state index in [1.807, 2.05) is 24.3 Å². The summed E-state index contributed by atoms with van der Waals surface area (Å²) in [5.74, 6) is 0.00662. The van der Waals surface area contributed by atoms with Crippen LogP contribution in [0, 0.1) is 3.57 Å². The molecule has 0 heterocycles. The Morgan fingerprint density at radius 3 is 2.69 bits per heavy atom. The Bertz CT molecular complexity index is 310. The van der Waals surface area contributed by atoms with Crippen molar-refractivity contribution in [3.05, 3.63) is 33.4 Å². The number of carbonyl (C=O) groups is 1. The Morgan fingerprint density at radius 1 is 1.54 bits per heavy atom. The first-order chi connectivity index (χ1) is 6.11. The molecule has 0 aliphatic carbocycles. The van der Waals surface area contributed by atoms with E-state index in [0.29, 0.717) is 0 Å². The monoisotopic (exact) mass is 290 g/mol. The second-order valence-corrected chi connectivity index (χ2v) is 4.11. The standard InChI is InChI=1S/C10H11IO2/c1-7(12)6-10(13)8-4-2-3-5-9(8)11/h2-5,10,13H,6H2,1H3/t10-/m1/s1. The van der Waals surface area contributed by atoms with E-state index in [0.717, 1.165) is 9.13 Å². The summed E-state index contributed by atoms with van der Waals surface area (Å²) in [6, 6.07) is 7.53. The normalized spacial score (nSPS) is 12.5. The van der Waals surface area contributed by atoms with Gasteiger partial charge in [-0.25, -0.2) is 0 Å². The number of carbonyl (C=O) groups excluding carboxylic acids is 1. The molecule has 0 spiro atoms. The molecule has 1 atom stereocenters. The van der Waals surface area contributed by atoms with Gasteiger partial charge in [0.15, 0.2) is 0 Å². The van der Waals surface area contributed by atoms with Crippen molar-refractivity contribution >= 4 is 28.4 Å². The van der Waals surface area contributed by atoms with Crippen molar-refractivity contribution in [3.63, 3.8) is 0 Å². The highest BCUT2D eigenvalue weighted by Gasteiger charge is 2.12. The van der Waals surface area contributed by atoms with Gasteiger partial charge < -0.3 is 5.11 Å². The van der Waals surface area contributed by atoms with Crippen molar-refractivity contribution in [2.24, 2.45) is 0 Å². The van der Waals surface area contributed by atoms with Crippen molar-refractivity contribution in [3.8, 4) is 0 Å². The summed E-state index contributed by atoms with van der Waals surface area (Å²) >= 11 is 2.15. The van der Waals surface area contributed by atoms with Crippen molar-refractivity contribution in [1.29, 1.82) is 0 Å². The molecule has 0 amide bonds. The molecule has 2 nitrogen and oxygen atoms in total. The average molecular weight is 290 g/mol. The molecule has 13 heavy (non-hydrogen) atoms. The molecule has 0 saturated heterocycles. The van der Waals surface area contributed by atoms with Crippen molar-refractivity contribution < 1.29 is 9.90 Å². The minimum Gasteiger partial charge on any atom is -0.388 e. The molecule has 70 valence electrons. The number of rotatable bonds is 3. The summed E-state index contributed by atoms with van der Waals surface area (Å²) in [7, 11) is 0. The average Bonchev–Trinajstić information content (AvgIpc) is 2.03. The molecule has 1 N–H and O–H groups in total. The van der Waals surface area contributed by atoms with Gasteiger partial charge in [-0.3, -0.25) is 4.79 Å². The molecule has 1 aromatic carbocycles. The van der Waals surface area contributed by atoms with Crippen LogP contribution < -0.4 is 0 Å². The molecule has 0 aliphatic rings. The van der Waals surface area contributed by atoms with E-state index in [-0.39, 0.29) is 12.2 Å². The van der Waals surface area contributed by atoms with E-state index in [4.69, 9.17) is 0 Å². The Morgan fingerprint density at radius 2 is 2.15 bits per heavy atom. The van der Waals surface area contributed by atoms with Crippen LogP contribution in [0.15, 0.2) is 24.3 Å². The van der Waals surface area contributed by atoms with Crippen LogP contribution in [0.4, 0.5) is 0 Å². The number of aliphatic hydroxyl groups is 1. The molecule has 0 unspecified atom stereocenters. The van der Waals surface area contributed by atoms with Crippen LogP contribution in [-0.4, -0.2) is 10.9 Å². The Kier molecular flexibility index (Phi) is 3.87. The number of aliphatic hydroxyl groups excluding tert-OH is 1.